The van der Waals surface area contributed by atoms with Crippen molar-refractivity contribution in [1.82, 2.24) is 30.3 Å². The highest BCUT2D eigenvalue weighted by atomic mass is 35.5. The molecule has 0 saturated carbocycles. The molecule has 0 radical (unpaired) electrons. The van der Waals surface area contributed by atoms with Gasteiger partial charge < -0.3 is 16.1 Å². The Hall–Kier alpha value is -1.83. The van der Waals surface area contributed by atoms with E-state index in [0.717, 1.165) is 55.0 Å². The van der Waals surface area contributed by atoms with E-state index in [2.05, 4.69) is 15.8 Å². The molecule has 4 rings (SSSR count). The number of anilines is 1. The number of halogens is 1. The molecule has 23 heavy (non-hydrogen) atoms. The molecule has 1 atom stereocenters. The molecule has 2 aliphatic rings. The van der Waals surface area contributed by atoms with Crippen LogP contribution >= 0.6 is 11.6 Å². The van der Waals surface area contributed by atoms with Crippen molar-refractivity contribution >= 4 is 28.6 Å². The summed E-state index contributed by atoms with van der Waals surface area (Å²) in [7, 11) is 1.97. The summed E-state index contributed by atoms with van der Waals surface area (Å²) in [6.07, 6.45) is 6.06. The van der Waals surface area contributed by atoms with E-state index in [9.17, 15) is 0 Å². The Morgan fingerprint density at radius 2 is 2.30 bits per heavy atom. The molecule has 122 valence electrons. The molecular formula is C15H20ClN7. The van der Waals surface area contributed by atoms with Gasteiger partial charge in [-0.2, -0.15) is 9.61 Å². The van der Waals surface area contributed by atoms with Gasteiger partial charge >= 0.3 is 0 Å². The summed E-state index contributed by atoms with van der Waals surface area (Å²) in [6.45, 7) is 2.69. The van der Waals surface area contributed by atoms with Gasteiger partial charge in [0.1, 0.15) is 10.8 Å². The van der Waals surface area contributed by atoms with Gasteiger partial charge in [0.15, 0.2) is 5.65 Å². The predicted molar refractivity (Wildman–Crippen MR) is 91.0 cm³/mol. The van der Waals surface area contributed by atoms with E-state index in [1.165, 1.54) is 0 Å². The average molecular weight is 334 g/mol. The highest BCUT2D eigenvalue weighted by molar-refractivity contribution is 6.33. The maximum Gasteiger partial charge on any atom is 0.165 e. The molecule has 0 unspecified atom stereocenters. The molecule has 0 aliphatic carbocycles. The van der Waals surface area contributed by atoms with Gasteiger partial charge in [-0.3, -0.25) is 0 Å². The van der Waals surface area contributed by atoms with Crippen LogP contribution in [0.25, 0.3) is 11.2 Å². The summed E-state index contributed by atoms with van der Waals surface area (Å²) in [5, 5.41) is 10.2. The van der Waals surface area contributed by atoms with Crippen molar-refractivity contribution in [2.45, 2.75) is 18.8 Å². The normalized spacial score (nSPS) is 21.9. The maximum absolute atomic E-state index is 6.49. The van der Waals surface area contributed by atoms with Gasteiger partial charge in [-0.25, -0.2) is 10.4 Å². The van der Waals surface area contributed by atoms with E-state index in [4.69, 9.17) is 22.3 Å². The molecule has 4 N–H and O–H groups in total. The van der Waals surface area contributed by atoms with Crippen molar-refractivity contribution < 1.29 is 0 Å². The van der Waals surface area contributed by atoms with Crippen LogP contribution in [0.4, 0.5) is 5.82 Å². The molecule has 2 aromatic rings. The zero-order valence-electron chi connectivity index (χ0n) is 13.0. The SMILES string of the molecule is CN1C=C(c2cnn3c(N)c(Cl)c([C@@H]4CCCNC4)nc23)CN1. The third kappa shape index (κ3) is 2.45. The van der Waals surface area contributed by atoms with E-state index in [1.807, 2.05) is 24.5 Å². The lowest BCUT2D eigenvalue weighted by Gasteiger charge is -2.23. The van der Waals surface area contributed by atoms with Crippen LogP contribution in [0, 0.1) is 0 Å². The third-order valence-corrected chi connectivity index (χ3v) is 4.93. The predicted octanol–water partition coefficient (Wildman–Crippen LogP) is 1.22. The minimum atomic E-state index is 0.296. The summed E-state index contributed by atoms with van der Waals surface area (Å²) in [5.41, 5.74) is 13.3. The van der Waals surface area contributed by atoms with Gasteiger partial charge in [0.05, 0.1) is 11.9 Å². The van der Waals surface area contributed by atoms with E-state index < -0.39 is 0 Å². The Morgan fingerprint density at radius 1 is 1.43 bits per heavy atom. The van der Waals surface area contributed by atoms with Crippen LogP contribution in [0.5, 0.6) is 0 Å². The number of hydrogen-bond donors (Lipinski definition) is 3. The first kappa shape index (κ1) is 14.7. The fourth-order valence-electron chi connectivity index (χ4n) is 3.30. The summed E-state index contributed by atoms with van der Waals surface area (Å²) < 4.78 is 1.64. The first-order valence-electron chi connectivity index (χ1n) is 7.86. The zero-order chi connectivity index (χ0) is 16.0. The fraction of sp³-hybridized carbons (Fsp3) is 0.467. The second-order valence-corrected chi connectivity index (χ2v) is 6.51. The number of piperidine rings is 1. The van der Waals surface area contributed by atoms with Crippen molar-refractivity contribution in [2.24, 2.45) is 0 Å². The number of nitrogen functional groups attached to an aromatic ring is 1. The van der Waals surface area contributed by atoms with E-state index in [0.29, 0.717) is 16.8 Å². The first-order chi connectivity index (χ1) is 11.1. The lowest BCUT2D eigenvalue weighted by atomic mass is 9.95. The number of nitrogens with zero attached hydrogens (tertiary/aromatic N) is 4. The molecule has 8 heteroatoms. The van der Waals surface area contributed by atoms with Gasteiger partial charge in [-0.15, -0.1) is 0 Å². The summed E-state index contributed by atoms with van der Waals surface area (Å²) in [5.74, 6) is 0.757. The smallest absolute Gasteiger partial charge is 0.165 e. The number of nitrogens with one attached hydrogen (secondary N) is 2. The van der Waals surface area contributed by atoms with E-state index in [-0.39, 0.29) is 0 Å². The van der Waals surface area contributed by atoms with Crippen LogP contribution in [0.3, 0.4) is 0 Å². The Morgan fingerprint density at radius 3 is 3.00 bits per heavy atom. The zero-order valence-corrected chi connectivity index (χ0v) is 13.8. The largest absolute Gasteiger partial charge is 0.382 e. The van der Waals surface area contributed by atoms with Crippen LogP contribution in [-0.2, 0) is 0 Å². The van der Waals surface area contributed by atoms with E-state index >= 15 is 0 Å². The molecule has 2 aromatic heterocycles. The maximum atomic E-state index is 6.49. The van der Waals surface area contributed by atoms with Crippen molar-refractivity contribution in [2.75, 3.05) is 32.4 Å². The highest BCUT2D eigenvalue weighted by Gasteiger charge is 2.25. The molecule has 7 nitrogen and oxygen atoms in total. The minimum Gasteiger partial charge on any atom is -0.382 e. The van der Waals surface area contributed by atoms with Crippen molar-refractivity contribution in [3.63, 3.8) is 0 Å². The minimum absolute atomic E-state index is 0.296. The van der Waals surface area contributed by atoms with Gasteiger partial charge in [0.2, 0.25) is 0 Å². The quantitative estimate of drug-likeness (QED) is 0.766. The Kier molecular flexibility index (Phi) is 3.63. The summed E-state index contributed by atoms with van der Waals surface area (Å²) in [4.78, 5) is 4.85. The molecule has 1 saturated heterocycles. The third-order valence-electron chi connectivity index (χ3n) is 4.55. The molecule has 1 fully saturated rings. The van der Waals surface area contributed by atoms with Gasteiger partial charge in [0, 0.05) is 37.8 Å². The van der Waals surface area contributed by atoms with E-state index in [1.54, 1.807) is 4.52 Å². The number of rotatable bonds is 2. The van der Waals surface area contributed by atoms with Crippen LogP contribution < -0.4 is 16.5 Å². The molecule has 0 aromatic carbocycles. The summed E-state index contributed by atoms with van der Waals surface area (Å²) in [6, 6.07) is 0. The molecule has 4 heterocycles. The van der Waals surface area contributed by atoms with Crippen LogP contribution in [-0.4, -0.2) is 46.3 Å². The van der Waals surface area contributed by atoms with Crippen LogP contribution in [0.2, 0.25) is 5.02 Å². The number of aromatic nitrogens is 3. The van der Waals surface area contributed by atoms with Crippen molar-refractivity contribution in [3.05, 3.63) is 28.7 Å². The highest BCUT2D eigenvalue weighted by Crippen LogP contribution is 2.34. The number of hydrogen-bond acceptors (Lipinski definition) is 6. The standard InChI is InChI=1S/C15H20ClN7/c1-22-8-10(6-19-22)11-7-20-23-14(17)12(16)13(21-15(11)23)9-3-2-4-18-5-9/h7-9,18-19H,2-6,17H2,1H3/t9-/m1/s1. The second-order valence-electron chi connectivity index (χ2n) is 6.13. The Balaban J connectivity index is 1.85. The lowest BCUT2D eigenvalue weighted by Crippen LogP contribution is -2.29. The first-order valence-corrected chi connectivity index (χ1v) is 8.23. The topological polar surface area (TPSA) is 83.5 Å². The van der Waals surface area contributed by atoms with Crippen molar-refractivity contribution in [1.29, 1.82) is 0 Å². The lowest BCUT2D eigenvalue weighted by molar-refractivity contribution is 0.374. The number of fused-ring (bicyclic) bond motifs is 1. The van der Waals surface area contributed by atoms with Gasteiger partial charge in [0.25, 0.3) is 0 Å². The second kappa shape index (κ2) is 5.67. The van der Waals surface area contributed by atoms with Gasteiger partial charge in [-0.05, 0) is 25.0 Å². The number of nitrogens with two attached hydrogens (primary N) is 1. The van der Waals surface area contributed by atoms with Crippen LogP contribution in [0.15, 0.2) is 12.4 Å². The molecule has 0 spiro atoms. The number of hydrazine groups is 1. The fourth-order valence-corrected chi connectivity index (χ4v) is 3.57. The monoisotopic (exact) mass is 333 g/mol. The Bertz CT molecular complexity index is 776. The van der Waals surface area contributed by atoms with Gasteiger partial charge in [-0.1, -0.05) is 11.6 Å². The molecule has 0 bridgehead atoms. The molecule has 0 amide bonds. The van der Waals surface area contributed by atoms with Crippen LogP contribution in [0.1, 0.15) is 30.0 Å². The molecule has 2 aliphatic heterocycles. The average Bonchev–Trinajstić information content (AvgIpc) is 3.17. The van der Waals surface area contributed by atoms with Crippen molar-refractivity contribution in [3.8, 4) is 0 Å². The Labute approximate surface area is 139 Å². The molecular weight excluding hydrogens is 314 g/mol. The summed E-state index contributed by atoms with van der Waals surface area (Å²) >= 11 is 6.49.